The summed E-state index contributed by atoms with van der Waals surface area (Å²) in [6, 6.07) is 7.85. The van der Waals surface area contributed by atoms with Crippen LogP contribution < -0.4 is 14.8 Å². The van der Waals surface area contributed by atoms with Gasteiger partial charge in [-0.1, -0.05) is 20.8 Å². The summed E-state index contributed by atoms with van der Waals surface area (Å²) in [6.45, 7) is 5.47. The molecule has 0 unspecified atom stereocenters. The van der Waals surface area contributed by atoms with Crippen molar-refractivity contribution in [2.24, 2.45) is 12.5 Å². The van der Waals surface area contributed by atoms with Crippen LogP contribution in [0.15, 0.2) is 44.0 Å². The van der Waals surface area contributed by atoms with Gasteiger partial charge >= 0.3 is 0 Å². The predicted octanol–water partition coefficient (Wildman–Crippen LogP) is 3.60. The highest BCUT2D eigenvalue weighted by molar-refractivity contribution is 9.10. The van der Waals surface area contributed by atoms with Crippen LogP contribution in [0.25, 0.3) is 23.5 Å². The van der Waals surface area contributed by atoms with Crippen LogP contribution >= 0.6 is 27.3 Å². The molecular formula is C21H19BrN2O5S. The van der Waals surface area contributed by atoms with Crippen molar-refractivity contribution in [3.63, 3.8) is 0 Å². The standard InChI is InChI=1S/C21H19BrN2O5S/c1-21(2,3)18(25)11-19-23(4)20(26)17(30-19)10-13-6-8-16(29-13)14-7-5-12(24(27)28)9-15(14)22/h5-11H,1-4H3/b17-10+,19-11-. The number of halogens is 1. The summed E-state index contributed by atoms with van der Waals surface area (Å²) in [5.41, 5.74) is -0.121. The second-order valence-corrected chi connectivity index (χ2v) is 9.61. The molecule has 0 spiro atoms. The molecule has 1 aromatic carbocycles. The molecule has 0 saturated carbocycles. The number of Topliss-reactive ketones (excluding diaryl/α,β-unsaturated/α-hetero) is 1. The molecular weight excluding hydrogens is 472 g/mol. The van der Waals surface area contributed by atoms with Gasteiger partial charge in [0, 0.05) is 46.8 Å². The largest absolute Gasteiger partial charge is 0.457 e. The van der Waals surface area contributed by atoms with Gasteiger partial charge in [0.05, 0.1) is 9.46 Å². The summed E-state index contributed by atoms with van der Waals surface area (Å²) in [6.07, 6.45) is 3.11. The number of rotatable bonds is 4. The number of carbonyl (C=O) groups excluding carboxylic acids is 1. The molecule has 0 N–H and O–H groups in total. The molecule has 0 radical (unpaired) electrons. The second-order valence-electron chi connectivity index (χ2n) is 7.69. The highest BCUT2D eigenvalue weighted by Crippen LogP contribution is 2.32. The van der Waals surface area contributed by atoms with Gasteiger partial charge in [0.15, 0.2) is 5.78 Å². The SMILES string of the molecule is Cn1c(=O)/c(=C\c2ccc(-c3ccc([N+](=O)[O-])cc3Br)o2)s/c1=C\C(=O)C(C)(C)C. The zero-order valence-corrected chi connectivity index (χ0v) is 19.2. The Kier molecular flexibility index (Phi) is 5.96. The quantitative estimate of drug-likeness (QED) is 0.411. The number of nitrogens with zero attached hydrogens (tertiary/aromatic N) is 2. The molecule has 2 heterocycles. The predicted molar refractivity (Wildman–Crippen MR) is 120 cm³/mol. The van der Waals surface area contributed by atoms with Crippen molar-refractivity contribution in [3.8, 4) is 11.3 Å². The number of nitro groups is 1. The summed E-state index contributed by atoms with van der Waals surface area (Å²) in [5.74, 6) is 0.906. The third-order valence-electron chi connectivity index (χ3n) is 4.38. The van der Waals surface area contributed by atoms with Crippen molar-refractivity contribution in [1.29, 1.82) is 0 Å². The number of ketones is 1. The first kappa shape index (κ1) is 21.9. The smallest absolute Gasteiger partial charge is 0.270 e. The Hall–Kier alpha value is -2.78. The van der Waals surface area contributed by atoms with E-state index < -0.39 is 10.3 Å². The van der Waals surface area contributed by atoms with Gasteiger partial charge in [0.1, 0.15) is 16.2 Å². The minimum Gasteiger partial charge on any atom is -0.457 e. The molecule has 7 nitrogen and oxygen atoms in total. The van der Waals surface area contributed by atoms with Crippen molar-refractivity contribution >= 4 is 50.9 Å². The van der Waals surface area contributed by atoms with E-state index in [0.717, 1.165) is 0 Å². The average molecular weight is 491 g/mol. The maximum absolute atomic E-state index is 12.6. The number of benzene rings is 1. The minimum absolute atomic E-state index is 0.0281. The molecule has 0 amide bonds. The first-order chi connectivity index (χ1) is 14.0. The lowest BCUT2D eigenvalue weighted by molar-refractivity contribution is -0.384. The number of hydrogen-bond acceptors (Lipinski definition) is 6. The van der Waals surface area contributed by atoms with Gasteiger partial charge in [-0.25, -0.2) is 0 Å². The molecule has 0 aliphatic heterocycles. The van der Waals surface area contributed by atoms with Crippen molar-refractivity contribution in [2.75, 3.05) is 0 Å². The third-order valence-corrected chi connectivity index (χ3v) is 6.15. The van der Waals surface area contributed by atoms with Crippen LogP contribution in [0.1, 0.15) is 26.5 Å². The second kappa shape index (κ2) is 8.16. The molecule has 3 rings (SSSR count). The third kappa shape index (κ3) is 4.52. The van der Waals surface area contributed by atoms with Crippen molar-refractivity contribution in [1.82, 2.24) is 4.57 Å². The van der Waals surface area contributed by atoms with Crippen molar-refractivity contribution in [3.05, 3.63) is 70.2 Å². The molecule has 0 saturated heterocycles. The molecule has 156 valence electrons. The lowest BCUT2D eigenvalue weighted by Crippen LogP contribution is -2.29. The van der Waals surface area contributed by atoms with Crippen LogP contribution in [-0.2, 0) is 11.8 Å². The summed E-state index contributed by atoms with van der Waals surface area (Å²) in [7, 11) is 1.62. The zero-order valence-electron chi connectivity index (χ0n) is 16.8. The summed E-state index contributed by atoms with van der Waals surface area (Å²) >= 11 is 4.54. The van der Waals surface area contributed by atoms with E-state index in [1.165, 1.54) is 34.1 Å². The van der Waals surface area contributed by atoms with E-state index in [4.69, 9.17) is 4.42 Å². The lowest BCUT2D eigenvalue weighted by atomic mass is 9.91. The highest BCUT2D eigenvalue weighted by atomic mass is 79.9. The van der Waals surface area contributed by atoms with E-state index in [1.54, 1.807) is 31.3 Å². The molecule has 0 aliphatic rings. The Labute approximate surface area is 184 Å². The maximum Gasteiger partial charge on any atom is 0.270 e. The van der Waals surface area contributed by atoms with Crippen LogP contribution in [0.2, 0.25) is 0 Å². The Morgan fingerprint density at radius 1 is 1.27 bits per heavy atom. The van der Waals surface area contributed by atoms with Crippen LogP contribution in [-0.4, -0.2) is 15.3 Å². The summed E-state index contributed by atoms with van der Waals surface area (Å²) < 4.78 is 8.80. The fourth-order valence-corrected chi connectivity index (χ4v) is 4.13. The summed E-state index contributed by atoms with van der Waals surface area (Å²) in [4.78, 5) is 35.3. The molecule has 3 aromatic rings. The molecule has 0 bridgehead atoms. The van der Waals surface area contributed by atoms with Gasteiger partial charge in [-0.15, -0.1) is 11.3 Å². The fraction of sp³-hybridized carbons (Fsp3) is 0.238. The Balaban J connectivity index is 2.01. The lowest BCUT2D eigenvalue weighted by Gasteiger charge is -2.12. The van der Waals surface area contributed by atoms with Gasteiger partial charge in [0.2, 0.25) is 0 Å². The molecule has 9 heteroatoms. The topological polar surface area (TPSA) is 95.3 Å². The molecule has 2 aromatic heterocycles. The molecule has 0 atom stereocenters. The van der Waals surface area contributed by atoms with E-state index in [-0.39, 0.29) is 17.0 Å². The average Bonchev–Trinajstić information content (AvgIpc) is 3.21. The van der Waals surface area contributed by atoms with E-state index in [2.05, 4.69) is 15.9 Å². The van der Waals surface area contributed by atoms with Crippen LogP contribution in [0.5, 0.6) is 0 Å². The highest BCUT2D eigenvalue weighted by Gasteiger charge is 2.19. The number of non-ortho nitro benzene ring substituents is 1. The van der Waals surface area contributed by atoms with Gasteiger partial charge in [-0.3, -0.25) is 19.7 Å². The summed E-state index contributed by atoms with van der Waals surface area (Å²) in [5, 5.41) is 10.9. The first-order valence-electron chi connectivity index (χ1n) is 8.95. The van der Waals surface area contributed by atoms with Crippen LogP contribution in [0.4, 0.5) is 5.69 Å². The van der Waals surface area contributed by atoms with Gasteiger partial charge in [0.25, 0.3) is 11.2 Å². The maximum atomic E-state index is 12.6. The molecule has 0 fully saturated rings. The number of furan rings is 1. The minimum atomic E-state index is -0.530. The number of thiazole rings is 1. The number of carbonyl (C=O) groups is 1. The number of hydrogen-bond donors (Lipinski definition) is 0. The Morgan fingerprint density at radius 3 is 2.57 bits per heavy atom. The van der Waals surface area contributed by atoms with Gasteiger partial charge < -0.3 is 8.98 Å². The van der Waals surface area contributed by atoms with Crippen molar-refractivity contribution < 1.29 is 14.1 Å². The zero-order chi connectivity index (χ0) is 22.2. The monoisotopic (exact) mass is 490 g/mol. The van der Waals surface area contributed by atoms with Crippen LogP contribution in [0.3, 0.4) is 0 Å². The van der Waals surface area contributed by atoms with Gasteiger partial charge in [-0.05, 0) is 34.1 Å². The first-order valence-corrected chi connectivity index (χ1v) is 10.6. The van der Waals surface area contributed by atoms with Crippen LogP contribution in [0, 0.1) is 15.5 Å². The van der Waals surface area contributed by atoms with E-state index >= 15 is 0 Å². The number of nitro benzene ring substituents is 1. The Bertz CT molecular complexity index is 1320. The van der Waals surface area contributed by atoms with E-state index in [9.17, 15) is 19.7 Å². The normalized spacial score (nSPS) is 13.1. The molecule has 30 heavy (non-hydrogen) atoms. The van der Waals surface area contributed by atoms with Crippen molar-refractivity contribution in [2.45, 2.75) is 20.8 Å². The van der Waals surface area contributed by atoms with E-state index in [0.29, 0.717) is 30.8 Å². The molecule has 0 aliphatic carbocycles. The van der Waals surface area contributed by atoms with Gasteiger partial charge in [-0.2, -0.15) is 0 Å². The number of aromatic nitrogens is 1. The fourth-order valence-electron chi connectivity index (χ4n) is 2.56. The Morgan fingerprint density at radius 2 is 1.97 bits per heavy atom. The van der Waals surface area contributed by atoms with E-state index in [1.807, 2.05) is 20.8 Å².